The molecule has 1 aromatic carbocycles. The number of hydrogen-bond donors (Lipinski definition) is 3. The third kappa shape index (κ3) is 3.74. The Balaban J connectivity index is 1.54. The molecular formula is C14H17FN4OS. The molecule has 0 aliphatic carbocycles. The van der Waals surface area contributed by atoms with E-state index in [1.165, 1.54) is 12.1 Å². The van der Waals surface area contributed by atoms with Gasteiger partial charge < -0.3 is 15.6 Å². The fourth-order valence-electron chi connectivity index (χ4n) is 2.35. The van der Waals surface area contributed by atoms with Crippen molar-refractivity contribution in [3.05, 3.63) is 29.8 Å². The minimum atomic E-state index is -0.303. The number of carbonyl (C=O) groups is 1. The summed E-state index contributed by atoms with van der Waals surface area (Å²) >= 11 is 1.87. The summed E-state index contributed by atoms with van der Waals surface area (Å²) in [5.41, 5.74) is 1.34. The zero-order chi connectivity index (χ0) is 14.7. The quantitative estimate of drug-likeness (QED) is 0.799. The fraction of sp³-hybridized carbons (Fsp3) is 0.429. The second kappa shape index (κ2) is 6.44. The number of aromatic amines is 1. The Bertz CT molecular complexity index is 639. The summed E-state index contributed by atoms with van der Waals surface area (Å²) < 4.78 is 13.1. The first-order valence-electron chi connectivity index (χ1n) is 6.93. The first kappa shape index (κ1) is 14.3. The van der Waals surface area contributed by atoms with Crippen LogP contribution in [0.4, 0.5) is 4.39 Å². The van der Waals surface area contributed by atoms with E-state index in [1.54, 1.807) is 6.07 Å². The maximum absolute atomic E-state index is 13.1. The molecule has 7 heteroatoms. The van der Waals surface area contributed by atoms with Crippen molar-refractivity contribution >= 4 is 28.7 Å². The number of benzene rings is 1. The van der Waals surface area contributed by atoms with Crippen molar-refractivity contribution in [3.8, 4) is 0 Å². The number of imidazole rings is 1. The van der Waals surface area contributed by atoms with Gasteiger partial charge in [-0.25, -0.2) is 9.37 Å². The lowest BCUT2D eigenvalue weighted by atomic mass is 10.2. The van der Waals surface area contributed by atoms with Crippen molar-refractivity contribution in [1.29, 1.82) is 0 Å². The molecule has 1 fully saturated rings. The Morgan fingerprint density at radius 2 is 2.43 bits per heavy atom. The van der Waals surface area contributed by atoms with Gasteiger partial charge in [0, 0.05) is 30.5 Å². The van der Waals surface area contributed by atoms with Gasteiger partial charge >= 0.3 is 0 Å². The molecule has 1 saturated heterocycles. The van der Waals surface area contributed by atoms with Crippen LogP contribution in [0.1, 0.15) is 12.2 Å². The molecule has 1 unspecified atom stereocenters. The highest BCUT2D eigenvalue weighted by atomic mass is 32.2. The third-order valence-electron chi connectivity index (χ3n) is 3.38. The van der Waals surface area contributed by atoms with Crippen molar-refractivity contribution in [3.63, 3.8) is 0 Å². The fourth-order valence-corrected chi connectivity index (χ4v) is 3.30. The Kier molecular flexibility index (Phi) is 4.40. The maximum atomic E-state index is 13.1. The van der Waals surface area contributed by atoms with Crippen LogP contribution in [0.5, 0.6) is 0 Å². The molecule has 112 valence electrons. The van der Waals surface area contributed by atoms with Gasteiger partial charge in [-0.1, -0.05) is 0 Å². The predicted octanol–water partition coefficient (Wildman–Crippen LogP) is 1.41. The van der Waals surface area contributed by atoms with Crippen LogP contribution in [-0.2, 0) is 11.3 Å². The largest absolute Gasteiger partial charge is 0.349 e. The summed E-state index contributed by atoms with van der Waals surface area (Å²) in [6, 6.07) is 4.64. The monoisotopic (exact) mass is 308 g/mol. The smallest absolute Gasteiger partial charge is 0.221 e. The zero-order valence-electron chi connectivity index (χ0n) is 11.5. The molecule has 3 rings (SSSR count). The number of amides is 1. The predicted molar refractivity (Wildman–Crippen MR) is 81.6 cm³/mol. The van der Waals surface area contributed by atoms with E-state index >= 15 is 0 Å². The highest BCUT2D eigenvalue weighted by Crippen LogP contribution is 2.13. The second-order valence-electron chi connectivity index (χ2n) is 5.05. The van der Waals surface area contributed by atoms with Gasteiger partial charge in [0.2, 0.25) is 5.91 Å². The number of thioether (sulfide) groups is 1. The van der Waals surface area contributed by atoms with E-state index in [1.807, 2.05) is 11.8 Å². The van der Waals surface area contributed by atoms with E-state index in [4.69, 9.17) is 0 Å². The van der Waals surface area contributed by atoms with Gasteiger partial charge in [0.15, 0.2) is 0 Å². The van der Waals surface area contributed by atoms with Crippen molar-refractivity contribution in [2.24, 2.45) is 0 Å². The number of hydrogen-bond acceptors (Lipinski definition) is 4. The molecule has 0 radical (unpaired) electrons. The first-order valence-corrected chi connectivity index (χ1v) is 8.08. The number of nitrogens with zero attached hydrogens (tertiary/aromatic N) is 1. The molecule has 0 saturated carbocycles. The molecule has 1 atom stereocenters. The van der Waals surface area contributed by atoms with E-state index in [-0.39, 0.29) is 17.8 Å². The van der Waals surface area contributed by atoms with Gasteiger partial charge in [-0.2, -0.15) is 11.8 Å². The number of halogens is 1. The standard InChI is InChI=1S/C14H17FN4OS/c15-9-1-2-11-12(5-9)19-13(18-11)7-17-14(20)6-10-8-21-4-3-16-10/h1-2,5,10,16H,3-4,6-8H2,(H,17,20)(H,18,19). The lowest BCUT2D eigenvalue weighted by Crippen LogP contribution is -2.41. The van der Waals surface area contributed by atoms with E-state index in [0.29, 0.717) is 29.8 Å². The minimum absolute atomic E-state index is 0.00152. The number of rotatable bonds is 4. The third-order valence-corrected chi connectivity index (χ3v) is 4.51. The van der Waals surface area contributed by atoms with Crippen LogP contribution >= 0.6 is 11.8 Å². The summed E-state index contributed by atoms with van der Waals surface area (Å²) in [6.07, 6.45) is 0.474. The Morgan fingerprint density at radius 1 is 1.52 bits per heavy atom. The maximum Gasteiger partial charge on any atom is 0.221 e. The van der Waals surface area contributed by atoms with E-state index in [0.717, 1.165) is 18.1 Å². The Labute approximate surface area is 126 Å². The Morgan fingerprint density at radius 3 is 3.24 bits per heavy atom. The summed E-state index contributed by atoms with van der Waals surface area (Å²) in [6.45, 7) is 1.28. The van der Waals surface area contributed by atoms with Crippen molar-refractivity contribution < 1.29 is 9.18 Å². The Hall–Kier alpha value is -1.60. The minimum Gasteiger partial charge on any atom is -0.349 e. The van der Waals surface area contributed by atoms with E-state index < -0.39 is 0 Å². The molecule has 1 aliphatic rings. The molecule has 2 aromatic rings. The van der Waals surface area contributed by atoms with E-state index in [2.05, 4.69) is 20.6 Å². The van der Waals surface area contributed by atoms with Crippen LogP contribution in [0, 0.1) is 5.82 Å². The van der Waals surface area contributed by atoms with Crippen LogP contribution in [0.25, 0.3) is 11.0 Å². The topological polar surface area (TPSA) is 69.8 Å². The van der Waals surface area contributed by atoms with Gasteiger partial charge in [0.05, 0.1) is 17.6 Å². The SMILES string of the molecule is O=C(CC1CSCCN1)NCc1nc2ccc(F)cc2[nH]1. The van der Waals surface area contributed by atoms with Crippen LogP contribution < -0.4 is 10.6 Å². The molecule has 1 amide bonds. The van der Waals surface area contributed by atoms with Crippen molar-refractivity contribution in [1.82, 2.24) is 20.6 Å². The van der Waals surface area contributed by atoms with Gasteiger partial charge in [-0.15, -0.1) is 0 Å². The highest BCUT2D eigenvalue weighted by molar-refractivity contribution is 7.99. The van der Waals surface area contributed by atoms with Gasteiger partial charge in [-0.05, 0) is 18.2 Å². The molecule has 1 aromatic heterocycles. The number of H-pyrrole nitrogens is 1. The number of aromatic nitrogens is 2. The molecule has 5 nitrogen and oxygen atoms in total. The molecular weight excluding hydrogens is 291 g/mol. The molecule has 0 spiro atoms. The summed E-state index contributed by atoms with van der Waals surface area (Å²) in [5.74, 6) is 2.41. The number of nitrogens with one attached hydrogen (secondary N) is 3. The molecule has 2 heterocycles. The average Bonchev–Trinajstić information content (AvgIpc) is 2.88. The van der Waals surface area contributed by atoms with Crippen LogP contribution in [0.3, 0.4) is 0 Å². The van der Waals surface area contributed by atoms with E-state index in [9.17, 15) is 9.18 Å². The van der Waals surface area contributed by atoms with Gasteiger partial charge in [-0.3, -0.25) is 4.79 Å². The lowest BCUT2D eigenvalue weighted by molar-refractivity contribution is -0.121. The lowest BCUT2D eigenvalue weighted by Gasteiger charge is -2.22. The normalized spacial score (nSPS) is 18.8. The van der Waals surface area contributed by atoms with Gasteiger partial charge in [0.1, 0.15) is 11.6 Å². The molecule has 1 aliphatic heterocycles. The van der Waals surface area contributed by atoms with Crippen molar-refractivity contribution in [2.45, 2.75) is 19.0 Å². The molecule has 3 N–H and O–H groups in total. The molecule has 21 heavy (non-hydrogen) atoms. The second-order valence-corrected chi connectivity index (χ2v) is 6.20. The summed E-state index contributed by atoms with van der Waals surface area (Å²) in [5, 5.41) is 6.18. The van der Waals surface area contributed by atoms with Crippen LogP contribution in [0.15, 0.2) is 18.2 Å². The van der Waals surface area contributed by atoms with Gasteiger partial charge in [0.25, 0.3) is 0 Å². The van der Waals surface area contributed by atoms with Crippen LogP contribution in [0.2, 0.25) is 0 Å². The zero-order valence-corrected chi connectivity index (χ0v) is 12.3. The summed E-state index contributed by atoms with van der Waals surface area (Å²) in [4.78, 5) is 19.2. The highest BCUT2D eigenvalue weighted by Gasteiger charge is 2.16. The molecule has 0 bridgehead atoms. The first-order chi connectivity index (χ1) is 10.2. The average molecular weight is 308 g/mol. The number of fused-ring (bicyclic) bond motifs is 1. The summed E-state index contributed by atoms with van der Waals surface area (Å²) in [7, 11) is 0. The number of carbonyl (C=O) groups excluding carboxylic acids is 1. The van der Waals surface area contributed by atoms with Crippen molar-refractivity contribution in [2.75, 3.05) is 18.1 Å². The van der Waals surface area contributed by atoms with Crippen LogP contribution in [-0.4, -0.2) is 40.0 Å².